The molecule has 0 radical (unpaired) electrons. The van der Waals surface area contributed by atoms with Gasteiger partial charge in [0.15, 0.2) is 11.9 Å². The maximum Gasteiger partial charge on any atom is 0.356 e. The van der Waals surface area contributed by atoms with E-state index in [4.69, 9.17) is 19.3 Å². The Morgan fingerprint density at radius 2 is 0.978 bits per heavy atom. The van der Waals surface area contributed by atoms with Crippen LogP contribution in [0.15, 0.2) is 0 Å². The molecule has 2 unspecified atom stereocenters. The molecule has 0 rings (SSSR count). The molecule has 0 saturated heterocycles. The largest absolute Gasteiger partial charge is 0.462 e. The number of carbonyl (C=O) groups is 2. The first-order chi connectivity index (χ1) is 21.6. The monoisotopic (exact) mass is 666 g/mol. The van der Waals surface area contributed by atoms with Gasteiger partial charge in [0.05, 0.1) is 13.2 Å². The lowest BCUT2D eigenvalue weighted by Crippen LogP contribution is -2.37. The number of ether oxygens (including phenoxy) is 3. The van der Waals surface area contributed by atoms with Crippen LogP contribution in [0.4, 0.5) is 0 Å². The highest BCUT2D eigenvalue weighted by Gasteiger charge is 2.37. The van der Waals surface area contributed by atoms with Crippen molar-refractivity contribution in [2.45, 2.75) is 186 Å². The van der Waals surface area contributed by atoms with Gasteiger partial charge in [-0.25, -0.2) is 0 Å². The molecule has 0 spiro atoms. The third-order valence-electron chi connectivity index (χ3n) is 8.00. The van der Waals surface area contributed by atoms with Crippen molar-refractivity contribution in [1.29, 1.82) is 0 Å². The molecule has 3 atom stereocenters. The summed E-state index contributed by atoms with van der Waals surface area (Å²) in [6.45, 7) is 2.67. The van der Waals surface area contributed by atoms with E-state index in [1.54, 1.807) is 0 Å². The van der Waals surface area contributed by atoms with Crippen molar-refractivity contribution in [2.24, 2.45) is 0 Å². The zero-order valence-electron chi connectivity index (χ0n) is 28.5. The van der Waals surface area contributed by atoms with Gasteiger partial charge < -0.3 is 34.2 Å². The van der Waals surface area contributed by atoms with Crippen molar-refractivity contribution in [2.75, 3.05) is 19.8 Å². The molecule has 11 heteroatoms. The Balaban J connectivity index is 4.48. The molecule has 0 bridgehead atoms. The number of unbranched alkanes of at least 4 members (excludes halogenated alkanes) is 20. The van der Waals surface area contributed by atoms with Crippen LogP contribution in [-0.2, 0) is 28.4 Å². The van der Waals surface area contributed by atoms with E-state index in [-0.39, 0.29) is 19.4 Å². The number of carbonyl (C=O) groups excluding carboxylic acids is 2. The number of esters is 2. The summed E-state index contributed by atoms with van der Waals surface area (Å²) < 4.78 is 27.7. The third kappa shape index (κ3) is 27.8. The van der Waals surface area contributed by atoms with Crippen molar-refractivity contribution in [3.05, 3.63) is 0 Å². The van der Waals surface area contributed by atoms with Gasteiger partial charge in [0.2, 0.25) is 0 Å². The lowest BCUT2D eigenvalue weighted by molar-refractivity contribution is -0.164. The van der Waals surface area contributed by atoms with E-state index < -0.39 is 50.8 Å². The molecule has 268 valence electrons. The normalized spacial score (nSPS) is 13.8. The van der Waals surface area contributed by atoms with Crippen molar-refractivity contribution in [3.63, 3.8) is 0 Å². The summed E-state index contributed by atoms with van der Waals surface area (Å²) in [6.07, 6.45) is 22.8. The van der Waals surface area contributed by atoms with Crippen molar-refractivity contribution in [3.8, 4) is 0 Å². The Hall–Kier alpha value is -1.03. The van der Waals surface area contributed by atoms with Gasteiger partial charge >= 0.3 is 19.5 Å². The maximum atomic E-state index is 12.5. The fourth-order valence-electron chi connectivity index (χ4n) is 5.21. The minimum Gasteiger partial charge on any atom is -0.462 e. The van der Waals surface area contributed by atoms with Gasteiger partial charge in [0.25, 0.3) is 0 Å². The topological polar surface area (TPSA) is 160 Å². The Morgan fingerprint density at radius 1 is 0.600 bits per heavy atom. The van der Waals surface area contributed by atoms with E-state index in [1.807, 2.05) is 0 Å². The van der Waals surface area contributed by atoms with Crippen LogP contribution in [0.5, 0.6) is 0 Å². The Kier molecular flexibility index (Phi) is 29.6. The molecule has 4 N–H and O–H groups in total. The average molecular weight is 667 g/mol. The summed E-state index contributed by atoms with van der Waals surface area (Å²) >= 11 is 0. The molecule has 0 fully saturated rings. The number of hydrogen-bond donors (Lipinski definition) is 4. The Labute approximate surface area is 273 Å². The first-order valence-electron chi connectivity index (χ1n) is 18.0. The molecule has 45 heavy (non-hydrogen) atoms. The fraction of sp³-hybridized carbons (Fsp3) is 0.941. The minimum atomic E-state index is -4.93. The molecule has 0 amide bonds. The van der Waals surface area contributed by atoms with Crippen LogP contribution >= 0.6 is 7.60 Å². The van der Waals surface area contributed by atoms with Gasteiger partial charge in [-0.15, -0.1) is 0 Å². The standard InChI is InChI=1S/C34H67O10P/c1-3-5-7-9-11-13-15-17-19-21-23-25-32(37)42-28-30(29-43-34(31(36)27-35)45(39,40)41)44-33(38)26-24-22-20-18-16-14-12-10-8-6-4-2/h30-31,34-36H,3-29H2,1-2H3,(H2,39,40,41)/t30-,31?,34?/m0/s1. The van der Waals surface area contributed by atoms with E-state index in [1.165, 1.54) is 89.9 Å². The SMILES string of the molecule is CCCCCCCCCCCCCC(=O)OC[C@@H](COC(C(O)CO)P(=O)(O)O)OC(=O)CCCCCCCCCCCCC. The quantitative estimate of drug-likeness (QED) is 0.0310. The second-order valence-corrected chi connectivity index (χ2v) is 14.1. The summed E-state index contributed by atoms with van der Waals surface area (Å²) in [7, 11) is -4.93. The summed E-state index contributed by atoms with van der Waals surface area (Å²) in [5.74, 6) is -2.96. The summed E-state index contributed by atoms with van der Waals surface area (Å²) in [5, 5.41) is 19.0. The average Bonchev–Trinajstić information content (AvgIpc) is 3.00. The lowest BCUT2D eigenvalue weighted by atomic mass is 10.1. The molecule has 0 saturated carbocycles. The maximum absolute atomic E-state index is 12.5. The molecular weight excluding hydrogens is 599 g/mol. The molecule has 0 aliphatic carbocycles. The predicted octanol–water partition coefficient (Wildman–Crippen LogP) is 7.72. The zero-order valence-corrected chi connectivity index (χ0v) is 29.4. The van der Waals surface area contributed by atoms with Crippen LogP contribution in [0.25, 0.3) is 0 Å². The summed E-state index contributed by atoms with van der Waals surface area (Å²) in [6, 6.07) is 0. The Bertz CT molecular complexity index is 744. The highest BCUT2D eigenvalue weighted by atomic mass is 31.2. The molecule has 0 aromatic heterocycles. The first kappa shape index (κ1) is 44.0. The minimum absolute atomic E-state index is 0.168. The number of hydrogen-bond acceptors (Lipinski definition) is 8. The number of rotatable bonds is 33. The van der Waals surface area contributed by atoms with Gasteiger partial charge in [-0.2, -0.15) is 0 Å². The van der Waals surface area contributed by atoms with Gasteiger partial charge in [-0.1, -0.05) is 142 Å². The van der Waals surface area contributed by atoms with E-state index in [2.05, 4.69) is 13.8 Å². The van der Waals surface area contributed by atoms with Crippen molar-refractivity contribution < 1.29 is 48.4 Å². The zero-order chi connectivity index (χ0) is 33.6. The Morgan fingerprint density at radius 3 is 1.36 bits per heavy atom. The van der Waals surface area contributed by atoms with Crippen LogP contribution in [0.3, 0.4) is 0 Å². The molecular formula is C34H67O10P. The molecule has 0 aromatic carbocycles. The van der Waals surface area contributed by atoms with Crippen LogP contribution < -0.4 is 0 Å². The second kappa shape index (κ2) is 30.3. The molecule has 0 aliphatic heterocycles. The fourth-order valence-corrected chi connectivity index (χ4v) is 6.04. The highest BCUT2D eigenvalue weighted by Crippen LogP contribution is 2.43. The summed E-state index contributed by atoms with van der Waals surface area (Å²) in [4.78, 5) is 43.9. The molecule has 0 aromatic rings. The lowest BCUT2D eigenvalue weighted by Gasteiger charge is -2.25. The van der Waals surface area contributed by atoms with E-state index in [0.29, 0.717) is 12.8 Å². The van der Waals surface area contributed by atoms with Crippen LogP contribution in [-0.4, -0.2) is 69.8 Å². The van der Waals surface area contributed by atoms with Gasteiger partial charge in [0.1, 0.15) is 12.7 Å². The molecule has 10 nitrogen and oxygen atoms in total. The van der Waals surface area contributed by atoms with Crippen molar-refractivity contribution in [1.82, 2.24) is 0 Å². The van der Waals surface area contributed by atoms with E-state index >= 15 is 0 Å². The van der Waals surface area contributed by atoms with E-state index in [9.17, 15) is 29.0 Å². The third-order valence-corrected chi connectivity index (χ3v) is 9.15. The second-order valence-electron chi connectivity index (χ2n) is 12.4. The van der Waals surface area contributed by atoms with Crippen molar-refractivity contribution >= 4 is 19.5 Å². The number of aliphatic hydroxyl groups excluding tert-OH is 2. The van der Waals surface area contributed by atoms with E-state index in [0.717, 1.165) is 38.5 Å². The van der Waals surface area contributed by atoms with Gasteiger partial charge in [-0.05, 0) is 12.8 Å². The van der Waals surface area contributed by atoms with Crippen LogP contribution in [0, 0.1) is 0 Å². The first-order valence-corrected chi connectivity index (χ1v) is 19.6. The van der Waals surface area contributed by atoms with Crippen LogP contribution in [0.2, 0.25) is 0 Å². The van der Waals surface area contributed by atoms with Gasteiger partial charge in [0, 0.05) is 12.8 Å². The molecule has 0 heterocycles. The molecule has 0 aliphatic rings. The van der Waals surface area contributed by atoms with Gasteiger partial charge in [-0.3, -0.25) is 14.2 Å². The number of aliphatic hydroxyl groups is 2. The smallest absolute Gasteiger partial charge is 0.356 e. The predicted molar refractivity (Wildman–Crippen MR) is 178 cm³/mol. The van der Waals surface area contributed by atoms with Crippen LogP contribution in [0.1, 0.15) is 168 Å². The highest BCUT2D eigenvalue weighted by molar-refractivity contribution is 7.52. The summed E-state index contributed by atoms with van der Waals surface area (Å²) in [5.41, 5.74) is 0.